The van der Waals surface area contributed by atoms with Gasteiger partial charge in [-0.3, -0.25) is 9.20 Å². The molecular weight excluding hydrogens is 292 g/mol. The summed E-state index contributed by atoms with van der Waals surface area (Å²) in [6.45, 7) is 1.70. The van der Waals surface area contributed by atoms with Crippen molar-refractivity contribution >= 4 is 28.6 Å². The maximum atomic E-state index is 10.8. The number of carboxylic acids is 1. The van der Waals surface area contributed by atoms with Gasteiger partial charge in [0.2, 0.25) is 5.78 Å². The van der Waals surface area contributed by atoms with Gasteiger partial charge in [-0.2, -0.15) is 4.98 Å². The molecule has 0 saturated carbocycles. The first-order chi connectivity index (χ1) is 11.2. The molecule has 1 aliphatic rings. The molecule has 1 fully saturated rings. The molecule has 1 saturated heterocycles. The molecule has 1 aliphatic heterocycles. The third-order valence-corrected chi connectivity index (χ3v) is 4.57. The van der Waals surface area contributed by atoms with Crippen molar-refractivity contribution in [3.05, 3.63) is 36.5 Å². The van der Waals surface area contributed by atoms with Gasteiger partial charge in [0.1, 0.15) is 5.82 Å². The zero-order valence-corrected chi connectivity index (χ0v) is 12.7. The zero-order valence-electron chi connectivity index (χ0n) is 12.7. The lowest BCUT2D eigenvalue weighted by Crippen LogP contribution is -2.35. The van der Waals surface area contributed by atoms with Crippen LogP contribution in [-0.2, 0) is 4.79 Å². The molecule has 3 heterocycles. The number of carbonyl (C=O) groups is 1. The Morgan fingerprint density at radius 2 is 1.96 bits per heavy atom. The van der Waals surface area contributed by atoms with Crippen molar-refractivity contribution < 1.29 is 9.90 Å². The number of piperidine rings is 1. The molecule has 0 radical (unpaired) electrons. The summed E-state index contributed by atoms with van der Waals surface area (Å²) in [6, 6.07) is 10.0. The monoisotopic (exact) mass is 310 g/mol. The first-order valence-electron chi connectivity index (χ1n) is 7.91. The number of aliphatic carboxylic acids is 1. The molecule has 0 bridgehead atoms. The predicted octanol–water partition coefficient (Wildman–Crippen LogP) is 2.57. The fourth-order valence-electron chi connectivity index (χ4n) is 3.33. The van der Waals surface area contributed by atoms with Gasteiger partial charge < -0.3 is 10.0 Å². The van der Waals surface area contributed by atoms with E-state index >= 15 is 0 Å². The van der Waals surface area contributed by atoms with Crippen molar-refractivity contribution in [1.82, 2.24) is 14.4 Å². The van der Waals surface area contributed by atoms with E-state index in [0.717, 1.165) is 42.8 Å². The number of para-hydroxylation sites is 2. The van der Waals surface area contributed by atoms with Crippen molar-refractivity contribution in [2.75, 3.05) is 18.0 Å². The Labute approximate surface area is 133 Å². The molecule has 0 aliphatic carbocycles. The largest absolute Gasteiger partial charge is 0.481 e. The van der Waals surface area contributed by atoms with Crippen LogP contribution in [0.5, 0.6) is 0 Å². The summed E-state index contributed by atoms with van der Waals surface area (Å²) in [5.41, 5.74) is 2.00. The Bertz CT molecular complexity index is 865. The summed E-state index contributed by atoms with van der Waals surface area (Å²) < 4.78 is 2.00. The molecule has 6 nitrogen and oxygen atoms in total. The average Bonchev–Trinajstić information content (AvgIpc) is 2.92. The highest BCUT2D eigenvalue weighted by Gasteiger charge is 2.22. The number of rotatable bonds is 3. The second kappa shape index (κ2) is 5.53. The van der Waals surface area contributed by atoms with Crippen LogP contribution in [0.2, 0.25) is 0 Å². The van der Waals surface area contributed by atoms with E-state index in [4.69, 9.17) is 5.11 Å². The van der Waals surface area contributed by atoms with Crippen LogP contribution < -0.4 is 4.90 Å². The number of hydrogen-bond donors (Lipinski definition) is 1. The summed E-state index contributed by atoms with van der Waals surface area (Å²) in [5, 5.41) is 8.90. The number of carboxylic acid groups (broad SMARTS) is 1. The van der Waals surface area contributed by atoms with Gasteiger partial charge >= 0.3 is 5.97 Å². The Morgan fingerprint density at radius 1 is 1.17 bits per heavy atom. The minimum absolute atomic E-state index is 0.270. The molecule has 0 amide bonds. The third-order valence-electron chi connectivity index (χ3n) is 4.57. The Morgan fingerprint density at radius 3 is 2.74 bits per heavy atom. The molecule has 4 rings (SSSR count). The van der Waals surface area contributed by atoms with Gasteiger partial charge in [0.15, 0.2) is 0 Å². The van der Waals surface area contributed by atoms with Gasteiger partial charge in [0.25, 0.3) is 0 Å². The SMILES string of the molecule is O=C(O)CC1CCN(c2ccn3c(n2)nc2ccccc23)CC1. The summed E-state index contributed by atoms with van der Waals surface area (Å²) in [6.07, 6.45) is 4.08. The van der Waals surface area contributed by atoms with Gasteiger partial charge in [-0.15, -0.1) is 0 Å². The number of fused-ring (bicyclic) bond motifs is 3. The van der Waals surface area contributed by atoms with Gasteiger partial charge in [-0.25, -0.2) is 4.98 Å². The van der Waals surface area contributed by atoms with Crippen LogP contribution in [0.15, 0.2) is 36.5 Å². The highest BCUT2D eigenvalue weighted by atomic mass is 16.4. The summed E-state index contributed by atoms with van der Waals surface area (Å²) in [5.74, 6) is 1.20. The number of aromatic nitrogens is 3. The lowest BCUT2D eigenvalue weighted by atomic mass is 9.94. The van der Waals surface area contributed by atoms with E-state index in [1.165, 1.54) is 0 Å². The highest BCUT2D eigenvalue weighted by Crippen LogP contribution is 2.25. The zero-order chi connectivity index (χ0) is 15.8. The lowest BCUT2D eigenvalue weighted by molar-refractivity contribution is -0.138. The summed E-state index contributed by atoms with van der Waals surface area (Å²) >= 11 is 0. The third kappa shape index (κ3) is 2.60. The van der Waals surface area contributed by atoms with Crippen molar-refractivity contribution in [2.24, 2.45) is 5.92 Å². The van der Waals surface area contributed by atoms with Crippen LogP contribution in [0, 0.1) is 5.92 Å². The predicted molar refractivity (Wildman–Crippen MR) is 87.7 cm³/mol. The van der Waals surface area contributed by atoms with E-state index in [2.05, 4.69) is 14.9 Å². The maximum Gasteiger partial charge on any atom is 0.303 e. The second-order valence-electron chi connectivity index (χ2n) is 6.08. The van der Waals surface area contributed by atoms with Crippen molar-refractivity contribution in [1.29, 1.82) is 0 Å². The van der Waals surface area contributed by atoms with Crippen molar-refractivity contribution in [3.8, 4) is 0 Å². The van der Waals surface area contributed by atoms with Gasteiger partial charge in [0, 0.05) is 25.7 Å². The van der Waals surface area contributed by atoms with E-state index in [0.29, 0.717) is 5.78 Å². The quantitative estimate of drug-likeness (QED) is 0.805. The number of nitrogens with zero attached hydrogens (tertiary/aromatic N) is 4. The van der Waals surface area contributed by atoms with E-state index in [1.54, 1.807) is 0 Å². The van der Waals surface area contributed by atoms with Gasteiger partial charge in [0.05, 0.1) is 11.0 Å². The van der Waals surface area contributed by atoms with Crippen LogP contribution in [0.1, 0.15) is 19.3 Å². The van der Waals surface area contributed by atoms with Gasteiger partial charge in [-0.05, 0) is 37.0 Å². The molecule has 1 N–H and O–H groups in total. The minimum atomic E-state index is -0.702. The molecule has 3 aromatic rings. The molecule has 2 aromatic heterocycles. The van der Waals surface area contributed by atoms with Crippen LogP contribution in [-0.4, -0.2) is 38.5 Å². The molecule has 1 aromatic carbocycles. The minimum Gasteiger partial charge on any atom is -0.481 e. The Balaban J connectivity index is 1.58. The van der Waals surface area contributed by atoms with Crippen molar-refractivity contribution in [2.45, 2.75) is 19.3 Å². The summed E-state index contributed by atoms with van der Waals surface area (Å²) in [4.78, 5) is 22.3. The molecule has 0 unspecified atom stereocenters. The number of anilines is 1. The fourth-order valence-corrected chi connectivity index (χ4v) is 3.33. The van der Waals surface area contributed by atoms with Crippen LogP contribution >= 0.6 is 0 Å². The van der Waals surface area contributed by atoms with Crippen molar-refractivity contribution in [3.63, 3.8) is 0 Å². The first-order valence-corrected chi connectivity index (χ1v) is 7.91. The van der Waals surface area contributed by atoms with E-state index < -0.39 is 5.97 Å². The van der Waals surface area contributed by atoms with E-state index in [1.807, 2.05) is 40.9 Å². The maximum absolute atomic E-state index is 10.8. The Hall–Kier alpha value is -2.63. The molecule has 118 valence electrons. The molecule has 6 heteroatoms. The number of imidazole rings is 1. The fraction of sp³-hybridized carbons (Fsp3) is 0.353. The lowest BCUT2D eigenvalue weighted by Gasteiger charge is -2.32. The number of hydrogen-bond acceptors (Lipinski definition) is 4. The van der Waals surface area contributed by atoms with Crippen LogP contribution in [0.3, 0.4) is 0 Å². The van der Waals surface area contributed by atoms with E-state index in [-0.39, 0.29) is 12.3 Å². The normalized spacial score (nSPS) is 16.3. The topological polar surface area (TPSA) is 70.7 Å². The highest BCUT2D eigenvalue weighted by molar-refractivity contribution is 5.79. The first kappa shape index (κ1) is 14.0. The van der Waals surface area contributed by atoms with Gasteiger partial charge in [-0.1, -0.05) is 12.1 Å². The van der Waals surface area contributed by atoms with Crippen LogP contribution in [0.25, 0.3) is 16.8 Å². The summed E-state index contributed by atoms with van der Waals surface area (Å²) in [7, 11) is 0. The van der Waals surface area contributed by atoms with E-state index in [9.17, 15) is 4.79 Å². The molecular formula is C17H18N4O2. The molecule has 23 heavy (non-hydrogen) atoms. The molecule has 0 atom stereocenters. The Kier molecular flexibility index (Phi) is 3.37. The standard InChI is InChI=1S/C17H18N4O2/c22-16(23)11-12-5-8-20(9-6-12)15-7-10-21-14-4-2-1-3-13(14)18-17(21)19-15/h1-4,7,10,12H,5-6,8-9,11H2,(H,22,23). The molecule has 0 spiro atoms. The number of benzene rings is 1. The van der Waals surface area contributed by atoms with Crippen LogP contribution in [0.4, 0.5) is 5.82 Å². The smallest absolute Gasteiger partial charge is 0.303 e. The second-order valence-corrected chi connectivity index (χ2v) is 6.08. The average molecular weight is 310 g/mol.